The number of para-hydroxylation sites is 2. The maximum Gasteiger partial charge on any atom is 0.573 e. The molecule has 0 saturated heterocycles. The van der Waals surface area contributed by atoms with Crippen molar-refractivity contribution < 1.29 is 40.7 Å². The van der Waals surface area contributed by atoms with Gasteiger partial charge in [0.2, 0.25) is 10.0 Å². The van der Waals surface area contributed by atoms with Gasteiger partial charge in [0.25, 0.3) is 0 Å². The molecular weight excluding hydrogens is 541 g/mol. The van der Waals surface area contributed by atoms with Gasteiger partial charge in [-0.25, -0.2) is 22.8 Å². The lowest BCUT2D eigenvalue weighted by molar-refractivity contribution is -0.274. The fourth-order valence-electron chi connectivity index (χ4n) is 3.80. The van der Waals surface area contributed by atoms with Gasteiger partial charge in [-0.1, -0.05) is 12.1 Å². The molecule has 0 aliphatic carbocycles. The van der Waals surface area contributed by atoms with E-state index in [1.165, 1.54) is 8.87 Å². The van der Waals surface area contributed by atoms with Crippen LogP contribution in [0.15, 0.2) is 65.2 Å². The minimum atomic E-state index is -4.87. The Hall–Kier alpha value is -3.62. The van der Waals surface area contributed by atoms with E-state index in [1.54, 1.807) is 51.1 Å². The molecule has 4 rings (SSSR count). The Kier molecular flexibility index (Phi) is 7.91. The van der Waals surface area contributed by atoms with Crippen molar-refractivity contribution in [3.63, 3.8) is 0 Å². The first-order valence-corrected chi connectivity index (χ1v) is 13.3. The second-order valence-electron chi connectivity index (χ2n) is 9.58. The predicted octanol–water partition coefficient (Wildman–Crippen LogP) is 4.72. The van der Waals surface area contributed by atoms with E-state index >= 15 is 0 Å². The number of ether oxygens (including phenoxy) is 2. The van der Waals surface area contributed by atoms with Crippen LogP contribution in [-0.4, -0.2) is 53.4 Å². The lowest BCUT2D eigenvalue weighted by atomic mass is 10.2. The summed E-state index contributed by atoms with van der Waals surface area (Å²) < 4.78 is 74.7. The van der Waals surface area contributed by atoms with E-state index in [0.717, 1.165) is 24.3 Å². The molecule has 39 heavy (non-hydrogen) atoms. The summed E-state index contributed by atoms with van der Waals surface area (Å²) in [6, 6.07) is 11.1. The van der Waals surface area contributed by atoms with Crippen LogP contribution in [0.4, 0.5) is 18.0 Å². The summed E-state index contributed by atoms with van der Waals surface area (Å²) in [5, 5.41) is 0. The van der Waals surface area contributed by atoms with E-state index in [0.29, 0.717) is 22.6 Å². The van der Waals surface area contributed by atoms with E-state index in [2.05, 4.69) is 15.2 Å². The Morgan fingerprint density at radius 3 is 2.38 bits per heavy atom. The maximum absolute atomic E-state index is 12.9. The molecule has 14 heteroatoms. The summed E-state index contributed by atoms with van der Waals surface area (Å²) >= 11 is 0. The molecule has 0 bridgehead atoms. The van der Waals surface area contributed by atoms with Gasteiger partial charge in [-0.05, 0) is 63.2 Å². The Morgan fingerprint density at radius 2 is 1.77 bits per heavy atom. The molecule has 0 amide bonds. The number of nitrogens with one attached hydrogen (secondary N) is 1. The highest BCUT2D eigenvalue weighted by Crippen LogP contribution is 2.26. The Morgan fingerprint density at radius 1 is 1.08 bits per heavy atom. The second kappa shape index (κ2) is 10.9. The molecule has 2 aromatic carbocycles. The van der Waals surface area contributed by atoms with Crippen molar-refractivity contribution in [2.75, 3.05) is 13.1 Å². The molecule has 0 saturated carbocycles. The lowest BCUT2D eigenvalue weighted by Crippen LogP contribution is -2.36. The summed E-state index contributed by atoms with van der Waals surface area (Å²) in [6.07, 6.45) is -3.55. The Balaban J connectivity index is 1.38. The average molecular weight is 569 g/mol. The minimum Gasteiger partial charge on any atom is -0.443 e. The van der Waals surface area contributed by atoms with Crippen LogP contribution in [0.5, 0.6) is 5.75 Å². The van der Waals surface area contributed by atoms with Gasteiger partial charge >= 0.3 is 12.5 Å². The zero-order valence-corrected chi connectivity index (χ0v) is 22.2. The van der Waals surface area contributed by atoms with Crippen LogP contribution in [0.25, 0.3) is 11.0 Å². The average Bonchev–Trinajstić information content (AvgIpc) is 3.21. The minimum absolute atomic E-state index is 0.0191. The van der Waals surface area contributed by atoms with E-state index in [1.807, 2.05) is 0 Å². The van der Waals surface area contributed by atoms with E-state index < -0.39 is 33.8 Å². The molecule has 1 N–H and O–H groups in total. The summed E-state index contributed by atoms with van der Waals surface area (Å²) in [6.45, 7) is 5.33. The van der Waals surface area contributed by atoms with Gasteiger partial charge in [-0.2, -0.15) is 4.31 Å². The third-order valence-electron chi connectivity index (χ3n) is 5.48. The number of sulfonamides is 1. The molecule has 1 aliphatic heterocycles. The molecule has 3 aromatic rings. The van der Waals surface area contributed by atoms with Gasteiger partial charge in [0.1, 0.15) is 23.8 Å². The fourth-order valence-corrected chi connectivity index (χ4v) is 5.18. The predicted molar refractivity (Wildman–Crippen MR) is 134 cm³/mol. The zero-order chi connectivity index (χ0) is 28.4. The highest BCUT2D eigenvalue weighted by Gasteiger charge is 2.32. The first-order valence-electron chi connectivity index (χ1n) is 11.9. The van der Waals surface area contributed by atoms with E-state index in [4.69, 9.17) is 9.57 Å². The SMILES string of the molecule is CC(C)(C)OC(=O)n1c(CONC2=CCN(S(=O)(=O)c3ccc(OC(F)(F)F)cc3)CC2)nc2ccccc21. The first-order chi connectivity index (χ1) is 18.2. The molecule has 0 spiro atoms. The second-order valence-corrected chi connectivity index (χ2v) is 11.5. The molecule has 1 aliphatic rings. The van der Waals surface area contributed by atoms with Crippen molar-refractivity contribution in [2.24, 2.45) is 0 Å². The number of halogens is 3. The van der Waals surface area contributed by atoms with Gasteiger partial charge < -0.3 is 9.47 Å². The number of aromatic nitrogens is 2. The molecule has 0 radical (unpaired) electrons. The van der Waals surface area contributed by atoms with Crippen molar-refractivity contribution in [3.8, 4) is 5.75 Å². The molecular formula is C25H27F3N4O6S. The monoisotopic (exact) mass is 568 g/mol. The number of carbonyl (C=O) groups excluding carboxylic acids is 1. The van der Waals surface area contributed by atoms with Crippen LogP contribution in [0, 0.1) is 0 Å². The fraction of sp³-hybridized carbons (Fsp3) is 0.360. The highest BCUT2D eigenvalue weighted by molar-refractivity contribution is 7.89. The molecule has 10 nitrogen and oxygen atoms in total. The van der Waals surface area contributed by atoms with Crippen molar-refractivity contribution in [2.45, 2.75) is 50.7 Å². The number of hydroxylamine groups is 1. The lowest BCUT2D eigenvalue weighted by Gasteiger charge is -2.26. The molecule has 210 valence electrons. The number of rotatable bonds is 7. The molecule has 0 atom stereocenters. The molecule has 0 unspecified atom stereocenters. The smallest absolute Gasteiger partial charge is 0.443 e. The van der Waals surface area contributed by atoms with Crippen LogP contribution < -0.4 is 10.2 Å². The van der Waals surface area contributed by atoms with Crippen LogP contribution in [0.3, 0.4) is 0 Å². The topological polar surface area (TPSA) is 112 Å². The number of hydrogen-bond acceptors (Lipinski definition) is 8. The number of fused-ring (bicyclic) bond motifs is 1. The van der Waals surface area contributed by atoms with Crippen molar-refractivity contribution in [1.29, 1.82) is 0 Å². The summed E-state index contributed by atoms with van der Waals surface area (Å²) in [5.74, 6) is -0.194. The van der Waals surface area contributed by atoms with Crippen molar-refractivity contribution in [1.82, 2.24) is 19.3 Å². The highest BCUT2D eigenvalue weighted by atomic mass is 32.2. The van der Waals surface area contributed by atoms with Gasteiger partial charge in [-0.15, -0.1) is 13.2 Å². The van der Waals surface area contributed by atoms with Gasteiger partial charge in [0, 0.05) is 25.2 Å². The van der Waals surface area contributed by atoms with Crippen molar-refractivity contribution >= 4 is 27.1 Å². The Bertz CT molecular complexity index is 1480. The Labute approximate surface area is 223 Å². The largest absolute Gasteiger partial charge is 0.573 e. The number of benzene rings is 2. The maximum atomic E-state index is 12.9. The van der Waals surface area contributed by atoms with E-state index in [9.17, 15) is 26.4 Å². The zero-order valence-electron chi connectivity index (χ0n) is 21.4. The number of imidazole rings is 1. The van der Waals surface area contributed by atoms with Gasteiger partial charge in [-0.3, -0.25) is 10.3 Å². The molecule has 1 aromatic heterocycles. The van der Waals surface area contributed by atoms with Gasteiger partial charge in [0.05, 0.1) is 15.9 Å². The number of hydrogen-bond donors (Lipinski definition) is 1. The standard InChI is InChI=1S/C25H27F3N4O6S/c1-24(2,3)38-23(33)32-21-7-5-4-6-20(21)29-22(32)16-36-30-17-12-14-31(15-13-17)39(34,35)19-10-8-18(9-11-19)37-25(26,27)28/h4-12,30H,13-16H2,1-3H3. The third-order valence-corrected chi connectivity index (χ3v) is 7.36. The quantitative estimate of drug-likeness (QED) is 0.408. The summed E-state index contributed by atoms with van der Waals surface area (Å²) in [7, 11) is -3.94. The number of nitrogens with zero attached hydrogens (tertiary/aromatic N) is 3. The normalized spacial score (nSPS) is 15.2. The van der Waals surface area contributed by atoms with Crippen molar-refractivity contribution in [3.05, 3.63) is 66.1 Å². The molecule has 2 heterocycles. The number of alkyl halides is 3. The third kappa shape index (κ3) is 7.07. The molecule has 0 fully saturated rings. The van der Waals surface area contributed by atoms with Gasteiger partial charge in [0.15, 0.2) is 0 Å². The summed E-state index contributed by atoms with van der Waals surface area (Å²) in [5.41, 5.74) is 3.86. The summed E-state index contributed by atoms with van der Waals surface area (Å²) in [4.78, 5) is 22.7. The van der Waals surface area contributed by atoms with Crippen LogP contribution in [-0.2, 0) is 26.2 Å². The van der Waals surface area contributed by atoms with Crippen LogP contribution in [0.2, 0.25) is 0 Å². The first kappa shape index (κ1) is 28.4. The van der Waals surface area contributed by atoms with Crippen LogP contribution in [0.1, 0.15) is 33.0 Å². The number of carbonyl (C=O) groups is 1. The van der Waals surface area contributed by atoms with Crippen LogP contribution >= 0.6 is 0 Å². The van der Waals surface area contributed by atoms with E-state index in [-0.39, 0.29) is 31.0 Å².